The number of methoxy groups -OCH3 is 1. The molecule has 0 saturated carbocycles. The molecule has 1 saturated heterocycles. The molecule has 1 fully saturated rings. The lowest BCUT2D eigenvalue weighted by Gasteiger charge is -2.23. The highest BCUT2D eigenvalue weighted by Gasteiger charge is 2.40. The van der Waals surface area contributed by atoms with Crippen LogP contribution >= 0.6 is 0 Å². The lowest BCUT2D eigenvalue weighted by molar-refractivity contribution is -0.136. The van der Waals surface area contributed by atoms with Crippen LogP contribution in [0.15, 0.2) is 54.6 Å². The number of ether oxygens (including phenoxy) is 3. The summed E-state index contributed by atoms with van der Waals surface area (Å²) in [5.74, 6) is 0.118. The van der Waals surface area contributed by atoms with E-state index in [2.05, 4.69) is 5.32 Å². The zero-order chi connectivity index (χ0) is 27.4. The molecule has 3 amide bonds. The van der Waals surface area contributed by atoms with Crippen molar-refractivity contribution in [2.45, 2.75) is 44.9 Å². The van der Waals surface area contributed by atoms with E-state index >= 15 is 0 Å². The van der Waals surface area contributed by atoms with Crippen LogP contribution in [0, 0.1) is 0 Å². The molecule has 1 aliphatic rings. The third kappa shape index (κ3) is 6.31. The molecule has 2 aromatic carbocycles. The van der Waals surface area contributed by atoms with E-state index in [1.54, 1.807) is 27.9 Å². The fourth-order valence-corrected chi connectivity index (χ4v) is 4.33. The van der Waals surface area contributed by atoms with Crippen molar-refractivity contribution in [1.29, 1.82) is 0 Å². The van der Waals surface area contributed by atoms with Gasteiger partial charge in [0, 0.05) is 29.5 Å². The highest BCUT2D eigenvalue weighted by molar-refractivity contribution is 5.90. The molecule has 1 aliphatic heterocycles. The quantitative estimate of drug-likeness (QED) is 0.488. The predicted molar refractivity (Wildman–Crippen MR) is 142 cm³/mol. The van der Waals surface area contributed by atoms with Gasteiger partial charge < -0.3 is 30.2 Å². The van der Waals surface area contributed by atoms with Crippen molar-refractivity contribution in [2.75, 3.05) is 20.2 Å². The Balaban J connectivity index is 1.56. The highest BCUT2D eigenvalue weighted by Crippen LogP contribution is 2.34. The van der Waals surface area contributed by atoms with Crippen LogP contribution in [0.2, 0.25) is 0 Å². The Labute approximate surface area is 221 Å². The van der Waals surface area contributed by atoms with Crippen molar-refractivity contribution >= 4 is 28.8 Å². The number of nitrogens with two attached hydrogens (primary N) is 1. The fraction of sp³-hybridized carbons (Fsp3) is 0.357. The number of carbonyl (C=O) groups excluding carboxylic acids is 3. The van der Waals surface area contributed by atoms with Crippen LogP contribution in [0.1, 0.15) is 27.2 Å². The van der Waals surface area contributed by atoms with Gasteiger partial charge in [-0.1, -0.05) is 30.3 Å². The van der Waals surface area contributed by atoms with Crippen LogP contribution in [0.25, 0.3) is 22.2 Å². The lowest BCUT2D eigenvalue weighted by atomic mass is 10.1. The van der Waals surface area contributed by atoms with Gasteiger partial charge in [0.25, 0.3) is 0 Å². The number of benzene rings is 2. The van der Waals surface area contributed by atoms with Gasteiger partial charge in [0.15, 0.2) is 0 Å². The number of fused-ring (bicyclic) bond motifs is 1. The molecule has 0 aliphatic carbocycles. The second kappa shape index (κ2) is 11.0. The van der Waals surface area contributed by atoms with Crippen LogP contribution in [-0.2, 0) is 14.3 Å². The Morgan fingerprint density at radius 1 is 1.11 bits per heavy atom. The zero-order valence-electron chi connectivity index (χ0n) is 21.9. The number of likely N-dealkylation sites (tertiary alicyclic amines) is 1. The third-order valence-electron chi connectivity index (χ3n) is 6.04. The van der Waals surface area contributed by atoms with Gasteiger partial charge in [-0.15, -0.1) is 0 Å². The van der Waals surface area contributed by atoms with Crippen molar-refractivity contribution in [3.63, 3.8) is 0 Å². The fourth-order valence-electron chi connectivity index (χ4n) is 4.33. The summed E-state index contributed by atoms with van der Waals surface area (Å²) >= 11 is 0. The molecule has 10 heteroatoms. The zero-order valence-corrected chi connectivity index (χ0v) is 21.9. The number of hydrogen-bond donors (Lipinski definition) is 2. The molecule has 0 spiro atoms. The number of pyridine rings is 1. The van der Waals surface area contributed by atoms with E-state index in [0.717, 1.165) is 10.9 Å². The van der Waals surface area contributed by atoms with E-state index in [1.807, 2.05) is 54.6 Å². The third-order valence-corrected chi connectivity index (χ3v) is 6.04. The standard InChI is InChI=1S/C28H32N4O6/c1-28(2,3)38-27(35)30-15-25(33)32-16-19(13-23(32)26(29)34)37-24-14-21(17-8-6-5-7-9-17)31-22-12-18(36-4)10-11-20(22)24/h5-12,14,19,23H,13,15-16H2,1-4H3,(H2,29,34)(H,30,35)/t19-,23+/m1/s1. The number of carbonyl (C=O) groups is 3. The Morgan fingerprint density at radius 2 is 1.84 bits per heavy atom. The first-order valence-electron chi connectivity index (χ1n) is 12.3. The van der Waals surface area contributed by atoms with Gasteiger partial charge in [-0.25, -0.2) is 9.78 Å². The average Bonchev–Trinajstić information content (AvgIpc) is 3.30. The second-order valence-corrected chi connectivity index (χ2v) is 10.1. The SMILES string of the molecule is COc1ccc2c(O[C@@H]3C[C@@H](C(N)=O)N(C(=O)CNC(=O)OC(C)(C)C)C3)cc(-c3ccccc3)nc2c1. The minimum absolute atomic E-state index is 0.128. The van der Waals surface area contributed by atoms with Crippen molar-refractivity contribution in [1.82, 2.24) is 15.2 Å². The Bertz CT molecular complexity index is 1340. The summed E-state index contributed by atoms with van der Waals surface area (Å²) in [5, 5.41) is 3.20. The van der Waals surface area contributed by atoms with Gasteiger partial charge in [0.1, 0.15) is 35.8 Å². The largest absolute Gasteiger partial charge is 0.497 e. The van der Waals surface area contributed by atoms with E-state index in [1.165, 1.54) is 4.90 Å². The van der Waals surface area contributed by atoms with E-state index in [0.29, 0.717) is 22.7 Å². The number of primary amides is 1. The molecule has 3 aromatic rings. The molecule has 1 aromatic heterocycles. The van der Waals surface area contributed by atoms with E-state index < -0.39 is 35.7 Å². The first-order chi connectivity index (χ1) is 18.0. The molecule has 3 N–H and O–H groups in total. The van der Waals surface area contributed by atoms with E-state index in [4.69, 9.17) is 24.9 Å². The van der Waals surface area contributed by atoms with Crippen LogP contribution in [-0.4, -0.2) is 65.7 Å². The molecule has 38 heavy (non-hydrogen) atoms. The maximum absolute atomic E-state index is 12.9. The molecular weight excluding hydrogens is 488 g/mol. The molecule has 4 rings (SSSR count). The van der Waals surface area contributed by atoms with Gasteiger partial charge >= 0.3 is 6.09 Å². The first-order valence-corrected chi connectivity index (χ1v) is 12.3. The normalized spacial score (nSPS) is 17.2. The molecular formula is C28H32N4O6. The second-order valence-electron chi connectivity index (χ2n) is 10.1. The van der Waals surface area contributed by atoms with E-state index in [-0.39, 0.29) is 19.5 Å². The Kier molecular flexibility index (Phi) is 7.70. The summed E-state index contributed by atoms with van der Waals surface area (Å²) in [5.41, 5.74) is 7.22. The van der Waals surface area contributed by atoms with Crippen LogP contribution in [0.5, 0.6) is 11.5 Å². The predicted octanol–water partition coefficient (Wildman–Crippen LogP) is 3.27. The van der Waals surface area contributed by atoms with Crippen molar-refractivity contribution < 1.29 is 28.6 Å². The molecule has 0 unspecified atom stereocenters. The number of nitrogens with one attached hydrogen (secondary N) is 1. The topological polar surface area (TPSA) is 133 Å². The van der Waals surface area contributed by atoms with Crippen LogP contribution < -0.4 is 20.5 Å². The van der Waals surface area contributed by atoms with Crippen molar-refractivity contribution in [3.05, 3.63) is 54.6 Å². The molecule has 2 heterocycles. The molecule has 200 valence electrons. The van der Waals surface area contributed by atoms with Crippen molar-refractivity contribution in [2.24, 2.45) is 5.73 Å². The molecule has 10 nitrogen and oxygen atoms in total. The van der Waals surface area contributed by atoms with Crippen LogP contribution in [0.3, 0.4) is 0 Å². The number of aromatic nitrogens is 1. The molecule has 0 bridgehead atoms. The van der Waals surface area contributed by atoms with Gasteiger partial charge in [-0.05, 0) is 32.9 Å². The average molecular weight is 521 g/mol. The minimum Gasteiger partial charge on any atom is -0.497 e. The lowest BCUT2D eigenvalue weighted by Crippen LogP contribution is -2.48. The highest BCUT2D eigenvalue weighted by atomic mass is 16.6. The summed E-state index contributed by atoms with van der Waals surface area (Å²) in [6, 6.07) is 16.2. The van der Waals surface area contributed by atoms with Gasteiger partial charge in [0.05, 0.1) is 24.9 Å². The number of amides is 3. The van der Waals surface area contributed by atoms with Gasteiger partial charge in [0.2, 0.25) is 11.8 Å². The van der Waals surface area contributed by atoms with E-state index in [9.17, 15) is 14.4 Å². The number of rotatable bonds is 7. The summed E-state index contributed by atoms with van der Waals surface area (Å²) in [6.45, 7) is 4.97. The summed E-state index contributed by atoms with van der Waals surface area (Å²) in [6.07, 6.45) is -1.01. The van der Waals surface area contributed by atoms with Crippen molar-refractivity contribution in [3.8, 4) is 22.8 Å². The Hall–Kier alpha value is -4.34. The molecule has 0 radical (unpaired) electrons. The maximum Gasteiger partial charge on any atom is 0.408 e. The smallest absolute Gasteiger partial charge is 0.408 e. The molecule has 2 atom stereocenters. The van der Waals surface area contributed by atoms with Gasteiger partial charge in [-0.3, -0.25) is 9.59 Å². The number of hydrogen-bond acceptors (Lipinski definition) is 7. The Morgan fingerprint density at radius 3 is 2.50 bits per heavy atom. The van der Waals surface area contributed by atoms with Crippen LogP contribution in [0.4, 0.5) is 4.79 Å². The number of alkyl carbamates (subject to hydrolysis) is 1. The maximum atomic E-state index is 12.9. The summed E-state index contributed by atoms with van der Waals surface area (Å²) in [4.78, 5) is 43.2. The van der Waals surface area contributed by atoms with Gasteiger partial charge in [-0.2, -0.15) is 0 Å². The number of nitrogens with zero attached hydrogens (tertiary/aromatic N) is 2. The first kappa shape index (κ1) is 26.7. The summed E-state index contributed by atoms with van der Waals surface area (Å²) < 4.78 is 16.9. The summed E-state index contributed by atoms with van der Waals surface area (Å²) in [7, 11) is 1.59. The minimum atomic E-state index is -0.866. The monoisotopic (exact) mass is 520 g/mol.